The number of aromatic hydroxyl groups is 4. The van der Waals surface area contributed by atoms with E-state index in [0.717, 1.165) is 32.7 Å². The molecule has 0 radical (unpaired) electrons. The van der Waals surface area contributed by atoms with E-state index in [1.54, 1.807) is 24.3 Å². The minimum Gasteiger partial charge on any atom is -0.506 e. The first-order chi connectivity index (χ1) is 21.1. The summed E-state index contributed by atoms with van der Waals surface area (Å²) in [4.78, 5) is 0. The molecule has 4 N–H and O–H groups in total. The Morgan fingerprint density at radius 2 is 0.822 bits per heavy atom. The van der Waals surface area contributed by atoms with Crippen molar-refractivity contribution in [3.63, 3.8) is 0 Å². The van der Waals surface area contributed by atoms with Gasteiger partial charge in [-0.15, -0.1) is 20.5 Å². The molecule has 0 aliphatic carbocycles. The van der Waals surface area contributed by atoms with Gasteiger partial charge in [-0.3, -0.25) is 0 Å². The van der Waals surface area contributed by atoms with Gasteiger partial charge in [0.05, 0.1) is 0 Å². The first-order valence-electron chi connectivity index (χ1n) is 13.3. The van der Waals surface area contributed by atoms with E-state index in [4.69, 9.17) is 23.2 Å². The SMILES string of the molecule is Cc1ccc2c(N=Nc3cc(Cl)ccc3O)c(O)ccc2c1.Cc1ccc2c(N=Nc3cc(Cl)ccc3O)c(O)ccc2c1.[Zr]. The molecule has 0 saturated carbocycles. The first-order valence-corrected chi connectivity index (χ1v) is 14.1. The summed E-state index contributed by atoms with van der Waals surface area (Å²) in [6, 6.07) is 27.5. The van der Waals surface area contributed by atoms with Gasteiger partial charge in [0.25, 0.3) is 0 Å². The molecule has 11 heteroatoms. The third kappa shape index (κ3) is 8.06. The number of halogens is 2. The first kappa shape index (κ1) is 33.6. The predicted molar refractivity (Wildman–Crippen MR) is 175 cm³/mol. The molecule has 0 unspecified atom stereocenters. The van der Waals surface area contributed by atoms with E-state index in [9.17, 15) is 20.4 Å². The van der Waals surface area contributed by atoms with E-state index in [0.29, 0.717) is 21.4 Å². The minimum absolute atomic E-state index is 0. The number of hydrogen-bond donors (Lipinski definition) is 4. The van der Waals surface area contributed by atoms with Crippen molar-refractivity contribution >= 4 is 67.5 Å². The smallest absolute Gasteiger partial charge is 0.143 e. The second-order valence-electron chi connectivity index (χ2n) is 9.98. The van der Waals surface area contributed by atoms with Crippen LogP contribution in [-0.2, 0) is 26.2 Å². The summed E-state index contributed by atoms with van der Waals surface area (Å²) in [6.45, 7) is 4.00. The largest absolute Gasteiger partial charge is 0.506 e. The summed E-state index contributed by atoms with van der Waals surface area (Å²) in [6.07, 6.45) is 0. The molecule has 6 rings (SSSR count). The monoisotopic (exact) mass is 714 g/mol. The van der Waals surface area contributed by atoms with Gasteiger partial charge in [0.15, 0.2) is 0 Å². The van der Waals surface area contributed by atoms with Gasteiger partial charge < -0.3 is 20.4 Å². The topological polar surface area (TPSA) is 130 Å². The Kier molecular flexibility index (Phi) is 10.9. The molecular weight excluding hydrogens is 691 g/mol. The molecule has 0 atom stereocenters. The number of hydrogen-bond acceptors (Lipinski definition) is 8. The fraction of sp³-hybridized carbons (Fsp3) is 0.0588. The Morgan fingerprint density at radius 1 is 0.444 bits per heavy atom. The Hall–Kier alpha value is -4.30. The Bertz CT molecular complexity index is 1940. The molecule has 0 saturated heterocycles. The number of rotatable bonds is 4. The Labute approximate surface area is 288 Å². The van der Waals surface area contributed by atoms with Crippen molar-refractivity contribution in [2.45, 2.75) is 13.8 Å². The van der Waals surface area contributed by atoms with Gasteiger partial charge in [0.1, 0.15) is 45.7 Å². The molecular formula is C34H26Cl2N4O4Zr. The molecule has 0 fully saturated rings. The maximum atomic E-state index is 10.0. The van der Waals surface area contributed by atoms with E-state index in [1.165, 1.54) is 24.3 Å². The Balaban J connectivity index is 0.000000200. The molecule has 0 amide bonds. The van der Waals surface area contributed by atoms with E-state index < -0.39 is 0 Å². The van der Waals surface area contributed by atoms with E-state index in [-0.39, 0.29) is 60.6 Å². The molecule has 0 spiro atoms. The summed E-state index contributed by atoms with van der Waals surface area (Å²) in [5.41, 5.74) is 3.45. The van der Waals surface area contributed by atoms with Gasteiger partial charge >= 0.3 is 0 Å². The minimum atomic E-state index is -0.0243. The van der Waals surface area contributed by atoms with Gasteiger partial charge in [-0.2, -0.15) is 0 Å². The fourth-order valence-corrected chi connectivity index (χ4v) is 4.75. The van der Waals surface area contributed by atoms with Crippen LogP contribution in [0.1, 0.15) is 11.1 Å². The summed E-state index contributed by atoms with van der Waals surface area (Å²) >= 11 is 11.8. The van der Waals surface area contributed by atoms with E-state index in [2.05, 4.69) is 20.5 Å². The maximum Gasteiger partial charge on any atom is 0.143 e. The van der Waals surface area contributed by atoms with E-state index >= 15 is 0 Å². The predicted octanol–water partition coefficient (Wildman–Crippen LogP) is 11.3. The van der Waals surface area contributed by atoms with Gasteiger partial charge in [-0.1, -0.05) is 82.9 Å². The zero-order valence-corrected chi connectivity index (χ0v) is 28.0. The second kappa shape index (κ2) is 14.7. The summed E-state index contributed by atoms with van der Waals surface area (Å²) in [5.74, 6) is 0.00989. The van der Waals surface area contributed by atoms with Crippen LogP contribution in [0.3, 0.4) is 0 Å². The number of phenols is 4. The number of nitrogens with zero attached hydrogens (tertiary/aromatic N) is 4. The van der Waals surface area contributed by atoms with Crippen LogP contribution in [0.2, 0.25) is 10.0 Å². The van der Waals surface area contributed by atoms with Crippen LogP contribution in [0.25, 0.3) is 21.5 Å². The molecule has 0 bridgehead atoms. The van der Waals surface area contributed by atoms with Crippen LogP contribution >= 0.6 is 23.2 Å². The van der Waals surface area contributed by atoms with Gasteiger partial charge in [-0.05, 0) is 73.2 Å². The van der Waals surface area contributed by atoms with Crippen molar-refractivity contribution in [3.8, 4) is 23.0 Å². The van der Waals surface area contributed by atoms with Crippen molar-refractivity contribution < 1.29 is 46.6 Å². The normalized spacial score (nSPS) is 11.1. The standard InChI is InChI=1S/2C17H13ClN2O2.Zr/c2*1-10-2-5-13-11(8-10)3-6-16(22)17(13)20-19-14-9-12(18)4-7-15(14)21;/h2*2-9,21-22H,1H3;. The number of phenolic OH excluding ortho intramolecular Hbond substituents is 4. The number of fused-ring (bicyclic) bond motifs is 2. The fourth-order valence-electron chi connectivity index (χ4n) is 4.41. The summed E-state index contributed by atoms with van der Waals surface area (Å²) in [7, 11) is 0. The molecule has 0 heterocycles. The van der Waals surface area contributed by atoms with Crippen LogP contribution in [0, 0.1) is 13.8 Å². The van der Waals surface area contributed by atoms with Crippen LogP contribution in [-0.4, -0.2) is 20.4 Å². The Morgan fingerprint density at radius 3 is 1.22 bits per heavy atom. The number of azo groups is 2. The third-order valence-corrected chi connectivity index (χ3v) is 7.11. The van der Waals surface area contributed by atoms with Gasteiger partial charge in [-0.25, -0.2) is 0 Å². The molecule has 0 aliphatic heterocycles. The van der Waals surface area contributed by atoms with Crippen molar-refractivity contribution in [1.82, 2.24) is 0 Å². The molecule has 6 aromatic carbocycles. The number of aryl methyl sites for hydroxylation is 2. The summed E-state index contributed by atoms with van der Waals surface area (Å²) in [5, 5.41) is 60.2. The van der Waals surface area contributed by atoms with Crippen molar-refractivity contribution in [2.24, 2.45) is 20.5 Å². The van der Waals surface area contributed by atoms with Crippen molar-refractivity contribution in [3.05, 3.63) is 118 Å². The van der Waals surface area contributed by atoms with Crippen molar-refractivity contribution in [2.75, 3.05) is 0 Å². The van der Waals surface area contributed by atoms with Gasteiger partial charge in [0, 0.05) is 47.0 Å². The zero-order chi connectivity index (χ0) is 31.4. The maximum absolute atomic E-state index is 10.0. The molecule has 0 aliphatic rings. The van der Waals surface area contributed by atoms with Crippen LogP contribution in [0.15, 0.2) is 118 Å². The van der Waals surface area contributed by atoms with Crippen LogP contribution in [0.4, 0.5) is 22.7 Å². The molecule has 45 heavy (non-hydrogen) atoms. The average molecular weight is 717 g/mol. The average Bonchev–Trinajstić information content (AvgIpc) is 3.00. The zero-order valence-electron chi connectivity index (χ0n) is 24.1. The third-order valence-electron chi connectivity index (χ3n) is 6.64. The van der Waals surface area contributed by atoms with Crippen LogP contribution < -0.4 is 0 Å². The molecule has 8 nitrogen and oxygen atoms in total. The molecule has 224 valence electrons. The van der Waals surface area contributed by atoms with Gasteiger partial charge in [0.2, 0.25) is 0 Å². The molecule has 0 aromatic heterocycles. The van der Waals surface area contributed by atoms with E-state index in [1.807, 2.05) is 62.4 Å². The second-order valence-corrected chi connectivity index (χ2v) is 10.9. The quantitative estimate of drug-likeness (QED) is 0.135. The van der Waals surface area contributed by atoms with Crippen molar-refractivity contribution in [1.29, 1.82) is 0 Å². The molecule has 6 aromatic rings. The van der Waals surface area contributed by atoms with Crippen LogP contribution in [0.5, 0.6) is 23.0 Å². The summed E-state index contributed by atoms with van der Waals surface area (Å²) < 4.78 is 0. The number of benzene rings is 6.